The number of phosphoric ester groups is 2. The predicted octanol–water partition coefficient (Wildman–Crippen LogP) is 2.41. The molecule has 2 unspecified atom stereocenters. The van der Waals surface area contributed by atoms with Crippen LogP contribution in [0.2, 0.25) is 0 Å². The molecule has 2 atom stereocenters. The number of nitrogens with one attached hydrogen (secondary N) is 1. The van der Waals surface area contributed by atoms with E-state index in [2.05, 4.69) is 30.5 Å². The quantitative estimate of drug-likeness (QED) is 0.0536. The third-order valence-corrected chi connectivity index (χ3v) is 10.0. The molecule has 24 nitrogen and oxygen atoms in total. The lowest BCUT2D eigenvalue weighted by Crippen LogP contribution is -2.47. The third-order valence-electron chi connectivity index (χ3n) is 6.26. The summed E-state index contributed by atoms with van der Waals surface area (Å²) in [4.78, 5) is 8.47. The van der Waals surface area contributed by atoms with E-state index in [4.69, 9.17) is 67.0 Å². The topological polar surface area (TPSA) is 338 Å². The average Bonchev–Trinajstić information content (AvgIpc) is 3.07. The molecule has 0 aromatic heterocycles. The molecule has 6 aliphatic rings. The lowest BCUT2D eigenvalue weighted by atomic mass is 9.93. The Morgan fingerprint density at radius 1 is 0.723 bits per heavy atom. The summed E-state index contributed by atoms with van der Waals surface area (Å²) >= 11 is 0. The molecule has 0 radical (unpaired) electrons. The normalized spacial score (nSPS) is 30.1. The summed E-state index contributed by atoms with van der Waals surface area (Å²) in [7, 11) is -11.6. The minimum atomic E-state index is -3.36. The lowest BCUT2D eigenvalue weighted by Gasteiger charge is -2.42. The van der Waals surface area contributed by atoms with Gasteiger partial charge < -0.3 is 20.4 Å². The van der Waals surface area contributed by atoms with E-state index in [1.165, 1.54) is 0 Å². The molecule has 47 heavy (non-hydrogen) atoms. The Morgan fingerprint density at radius 2 is 1.15 bits per heavy atom. The molecule has 6 aliphatic heterocycles. The van der Waals surface area contributed by atoms with Gasteiger partial charge in [0, 0.05) is 9.13 Å². The molecule has 28 heteroatoms. The fourth-order valence-electron chi connectivity index (χ4n) is 3.12. The van der Waals surface area contributed by atoms with Crippen LogP contribution in [0, 0.1) is 21.8 Å². The fraction of sp³-hybridized carbons (Fsp3) is 1.00. The molecule has 4 bridgehead atoms. The van der Waals surface area contributed by atoms with Gasteiger partial charge in [0.25, 0.3) is 0 Å². The summed E-state index contributed by atoms with van der Waals surface area (Å²) < 4.78 is 89.0. The van der Waals surface area contributed by atoms with Crippen molar-refractivity contribution in [1.29, 1.82) is 5.53 Å². The maximum atomic E-state index is 11.6. The van der Waals surface area contributed by atoms with Gasteiger partial charge in [-0.15, -0.1) is 18.5 Å². The second-order valence-corrected chi connectivity index (χ2v) is 15.1. The Bertz CT molecular complexity index is 1080. The van der Waals surface area contributed by atoms with Gasteiger partial charge in [-0.3, -0.25) is 27.1 Å². The largest absolute Gasteiger partial charge is 0.697 e. The van der Waals surface area contributed by atoms with Gasteiger partial charge in [0.2, 0.25) is 0 Å². The molecular weight excluding hydrogens is 724 g/mol. The maximum absolute atomic E-state index is 11.6. The van der Waals surface area contributed by atoms with Crippen molar-refractivity contribution >= 4 is 32.2 Å². The molecule has 0 aliphatic carbocycles. The highest BCUT2D eigenvalue weighted by atomic mass is 31.2. The Labute approximate surface area is 270 Å². The Hall–Kier alpha value is -1.10. The summed E-state index contributed by atoms with van der Waals surface area (Å²) in [6.45, 7) is -0.201. The van der Waals surface area contributed by atoms with Crippen LogP contribution >= 0.6 is 32.2 Å². The highest BCUT2D eigenvalue weighted by Crippen LogP contribution is 2.61. The zero-order valence-electron chi connectivity index (χ0n) is 24.2. The molecule has 0 aromatic rings. The number of rotatable bonds is 17. The molecule has 6 N–H and O–H groups in total. The molecular formula is C19H40N6O18P4+2. The van der Waals surface area contributed by atoms with Crippen molar-refractivity contribution in [3.63, 3.8) is 0 Å². The van der Waals surface area contributed by atoms with Crippen molar-refractivity contribution in [3.05, 3.63) is 0 Å². The van der Waals surface area contributed by atoms with Crippen molar-refractivity contribution in [2.24, 2.45) is 42.3 Å². The SMILES string of the molecule is C.N=N/N=N/N=NCCCO[P+](=O)OCC12COP(=O)(OC1)OC2.O=[P+](O)OCC12COP(=O)(OC1)OC2.OCC(CO)(CO)CO. The molecule has 6 heterocycles. The van der Waals surface area contributed by atoms with E-state index in [0.29, 0.717) is 6.42 Å². The van der Waals surface area contributed by atoms with Crippen LogP contribution in [-0.4, -0.2) is 118 Å². The minimum absolute atomic E-state index is 0. The Kier molecular flexibility index (Phi) is 19.8. The van der Waals surface area contributed by atoms with E-state index in [1.54, 1.807) is 0 Å². The number of hydrogen-bond donors (Lipinski definition) is 6. The van der Waals surface area contributed by atoms with Crippen molar-refractivity contribution in [1.82, 2.24) is 0 Å². The summed E-state index contributed by atoms with van der Waals surface area (Å²) in [5.74, 6) is 0. The molecule has 6 rings (SSSR count). The molecule has 6 fully saturated rings. The first-order valence-electron chi connectivity index (χ1n) is 13.0. The number of fused-ring (bicyclic) bond motifs is 6. The van der Waals surface area contributed by atoms with Gasteiger partial charge in [0.1, 0.15) is 19.8 Å². The van der Waals surface area contributed by atoms with E-state index in [0.717, 1.165) is 0 Å². The summed E-state index contributed by atoms with van der Waals surface area (Å²) in [5.41, 5.74) is 3.96. The van der Waals surface area contributed by atoms with Crippen molar-refractivity contribution in [2.45, 2.75) is 13.8 Å². The highest BCUT2D eigenvalue weighted by Gasteiger charge is 2.53. The Balaban J connectivity index is 0.000000391. The van der Waals surface area contributed by atoms with Crippen molar-refractivity contribution in [3.8, 4) is 0 Å². The van der Waals surface area contributed by atoms with Gasteiger partial charge in [-0.05, 0) is 27.3 Å². The van der Waals surface area contributed by atoms with E-state index < -0.39 is 74.8 Å². The summed E-state index contributed by atoms with van der Waals surface area (Å²) in [5, 5.41) is 49.4. The zero-order chi connectivity index (χ0) is 34.2. The average molecular weight is 764 g/mol. The van der Waals surface area contributed by atoms with Crippen LogP contribution in [0.25, 0.3) is 0 Å². The highest BCUT2D eigenvalue weighted by molar-refractivity contribution is 7.48. The van der Waals surface area contributed by atoms with Crippen LogP contribution in [0.1, 0.15) is 13.8 Å². The standard InChI is InChI=1S/C8H15N6O7P2.C5H8O7P2.C5H12O4.CH4/c9-11-13-14-12-10-2-1-3-17-22(15)18-4-8-5-19-23(16,20-6-8)21-7-8;6-13(7)9-1-5-2-10-14(8,11-3-5)12-4-5;6-1-5(2-7,3-8)4-9;/h9H,1-7H2;1-4H2;6-9H,1-4H2;1H4/q+1;;;/p+1/b11-9?,12-10?,14-13+;;;. The van der Waals surface area contributed by atoms with Gasteiger partial charge in [-0.2, -0.15) is 10.6 Å². The van der Waals surface area contributed by atoms with Crippen molar-refractivity contribution < 1.29 is 84.3 Å². The molecule has 6 saturated heterocycles. The van der Waals surface area contributed by atoms with Gasteiger partial charge in [0.05, 0.1) is 88.9 Å². The van der Waals surface area contributed by atoms with Gasteiger partial charge in [-0.25, -0.2) is 9.13 Å². The summed E-state index contributed by atoms with van der Waals surface area (Å²) in [6.07, 6.45) is 0.450. The molecule has 0 aromatic carbocycles. The number of hydrogen-bond acceptors (Lipinski definition) is 19. The lowest BCUT2D eigenvalue weighted by molar-refractivity contribution is -0.111. The zero-order valence-corrected chi connectivity index (χ0v) is 27.8. The van der Waals surface area contributed by atoms with Crippen LogP contribution in [0.15, 0.2) is 26.0 Å². The number of aliphatic hydroxyl groups excluding tert-OH is 4. The number of phosphoric acid groups is 2. The fourth-order valence-corrected chi connectivity index (χ4v) is 7.28. The van der Waals surface area contributed by atoms with E-state index in [1.807, 2.05) is 0 Å². The van der Waals surface area contributed by atoms with Crippen LogP contribution in [-0.2, 0) is 59.0 Å². The van der Waals surface area contributed by atoms with Crippen molar-refractivity contribution in [2.75, 3.05) is 92.4 Å². The number of aliphatic hydroxyl groups is 4. The second kappa shape index (κ2) is 21.2. The van der Waals surface area contributed by atoms with Crippen LogP contribution in [0.5, 0.6) is 0 Å². The molecule has 0 saturated carbocycles. The monoisotopic (exact) mass is 764 g/mol. The number of nitrogens with zero attached hydrogens (tertiary/aromatic N) is 5. The van der Waals surface area contributed by atoms with Crippen LogP contribution in [0.4, 0.5) is 0 Å². The van der Waals surface area contributed by atoms with E-state index in [-0.39, 0.29) is 73.4 Å². The van der Waals surface area contributed by atoms with Gasteiger partial charge >= 0.3 is 32.2 Å². The first-order chi connectivity index (χ1) is 21.9. The van der Waals surface area contributed by atoms with Crippen LogP contribution in [0.3, 0.4) is 0 Å². The maximum Gasteiger partial charge on any atom is 0.697 e. The van der Waals surface area contributed by atoms with Gasteiger partial charge in [0.15, 0.2) is 0 Å². The predicted molar refractivity (Wildman–Crippen MR) is 153 cm³/mol. The molecule has 0 amide bonds. The van der Waals surface area contributed by atoms with Crippen LogP contribution < -0.4 is 0 Å². The first kappa shape index (κ1) is 43.9. The van der Waals surface area contributed by atoms with E-state index >= 15 is 0 Å². The minimum Gasteiger partial charge on any atom is -0.396 e. The molecule has 272 valence electrons. The van der Waals surface area contributed by atoms with Gasteiger partial charge in [-0.1, -0.05) is 7.43 Å². The summed E-state index contributed by atoms with van der Waals surface area (Å²) in [6, 6.07) is 0. The third kappa shape index (κ3) is 14.7. The first-order valence-corrected chi connectivity index (χ1v) is 18.2. The molecule has 0 spiro atoms. The smallest absolute Gasteiger partial charge is 0.396 e. The van der Waals surface area contributed by atoms with E-state index in [9.17, 15) is 18.3 Å². The second-order valence-electron chi connectivity index (χ2n) is 10.1. The Morgan fingerprint density at radius 3 is 1.51 bits per heavy atom.